The fourth-order valence-electron chi connectivity index (χ4n) is 0.844. The van der Waals surface area contributed by atoms with Crippen molar-refractivity contribution in [1.82, 2.24) is 0 Å². The van der Waals surface area contributed by atoms with E-state index in [1.807, 2.05) is 12.1 Å². The first kappa shape index (κ1) is 9.96. The third-order valence-electron chi connectivity index (χ3n) is 1.44. The van der Waals surface area contributed by atoms with Crippen molar-refractivity contribution >= 4 is 38.5 Å². The van der Waals surface area contributed by atoms with Crippen LogP contribution < -0.4 is 5.73 Å². The highest BCUT2D eigenvalue weighted by Gasteiger charge is 2.04. The SMILES string of the molecule is N#Cc1cc(CN)cc(Br)c1I. The van der Waals surface area contributed by atoms with Crippen LogP contribution in [0.3, 0.4) is 0 Å². The zero-order valence-electron chi connectivity index (χ0n) is 6.14. The van der Waals surface area contributed by atoms with Gasteiger partial charge in [-0.15, -0.1) is 0 Å². The highest BCUT2D eigenvalue weighted by molar-refractivity contribution is 14.1. The first-order valence-corrected chi connectivity index (χ1v) is 5.14. The summed E-state index contributed by atoms with van der Waals surface area (Å²) in [5, 5.41) is 8.75. The molecule has 0 radical (unpaired) electrons. The van der Waals surface area contributed by atoms with Gasteiger partial charge in [0.05, 0.1) is 5.56 Å². The summed E-state index contributed by atoms with van der Waals surface area (Å²) in [6.45, 7) is 0.463. The third kappa shape index (κ3) is 1.97. The summed E-state index contributed by atoms with van der Waals surface area (Å²) in [6.07, 6.45) is 0. The molecule has 0 amide bonds. The lowest BCUT2D eigenvalue weighted by Crippen LogP contribution is -1.98. The smallest absolute Gasteiger partial charge is 0.100 e. The number of hydrogen-bond donors (Lipinski definition) is 1. The Labute approximate surface area is 93.0 Å². The van der Waals surface area contributed by atoms with Crippen molar-refractivity contribution in [2.45, 2.75) is 6.54 Å². The molecule has 0 saturated heterocycles. The Kier molecular flexibility index (Phi) is 3.50. The Hall–Kier alpha value is -0.120. The van der Waals surface area contributed by atoms with Gasteiger partial charge in [0, 0.05) is 14.6 Å². The molecule has 2 nitrogen and oxygen atoms in total. The van der Waals surface area contributed by atoms with E-state index in [1.54, 1.807) is 0 Å². The van der Waals surface area contributed by atoms with E-state index in [0.717, 1.165) is 13.6 Å². The summed E-state index contributed by atoms with van der Waals surface area (Å²) in [7, 11) is 0. The van der Waals surface area contributed by atoms with Crippen molar-refractivity contribution in [3.8, 4) is 6.07 Å². The van der Waals surface area contributed by atoms with Crippen molar-refractivity contribution < 1.29 is 0 Å². The van der Waals surface area contributed by atoms with E-state index >= 15 is 0 Å². The van der Waals surface area contributed by atoms with Crippen LogP contribution in [0.5, 0.6) is 0 Å². The zero-order chi connectivity index (χ0) is 9.14. The van der Waals surface area contributed by atoms with Gasteiger partial charge in [-0.2, -0.15) is 5.26 Å². The van der Waals surface area contributed by atoms with Gasteiger partial charge in [-0.3, -0.25) is 0 Å². The second kappa shape index (κ2) is 4.21. The minimum atomic E-state index is 0.463. The molecule has 0 atom stereocenters. The second-order valence-electron chi connectivity index (χ2n) is 2.26. The average molecular weight is 337 g/mol. The maximum atomic E-state index is 8.75. The molecule has 0 fully saturated rings. The van der Waals surface area contributed by atoms with Crippen LogP contribution in [-0.4, -0.2) is 0 Å². The molecule has 0 heterocycles. The predicted molar refractivity (Wildman–Crippen MR) is 59.5 cm³/mol. The number of rotatable bonds is 1. The molecular weight excluding hydrogens is 331 g/mol. The van der Waals surface area contributed by atoms with Gasteiger partial charge in [0.2, 0.25) is 0 Å². The van der Waals surface area contributed by atoms with Crippen LogP contribution in [0.15, 0.2) is 16.6 Å². The quantitative estimate of drug-likeness (QED) is 0.800. The fourth-order valence-corrected chi connectivity index (χ4v) is 1.78. The molecule has 0 aliphatic carbocycles. The van der Waals surface area contributed by atoms with Gasteiger partial charge in [-0.05, 0) is 56.2 Å². The second-order valence-corrected chi connectivity index (χ2v) is 4.19. The van der Waals surface area contributed by atoms with Gasteiger partial charge in [0.15, 0.2) is 0 Å². The molecule has 62 valence electrons. The molecule has 4 heteroatoms. The summed E-state index contributed by atoms with van der Waals surface area (Å²) >= 11 is 5.49. The molecule has 0 unspecified atom stereocenters. The summed E-state index contributed by atoms with van der Waals surface area (Å²) in [6, 6.07) is 5.86. The maximum absolute atomic E-state index is 8.75. The zero-order valence-corrected chi connectivity index (χ0v) is 9.89. The summed E-state index contributed by atoms with van der Waals surface area (Å²) in [5.74, 6) is 0. The van der Waals surface area contributed by atoms with Crippen molar-refractivity contribution in [2.75, 3.05) is 0 Å². The molecule has 1 rings (SSSR count). The standard InChI is InChI=1S/C8H6BrIN2/c9-7-2-5(3-11)1-6(4-12)8(7)10/h1-2H,3,11H2. The van der Waals surface area contributed by atoms with Crippen LogP contribution in [0.25, 0.3) is 0 Å². The van der Waals surface area contributed by atoms with E-state index in [9.17, 15) is 0 Å². The van der Waals surface area contributed by atoms with Gasteiger partial charge in [0.1, 0.15) is 6.07 Å². The topological polar surface area (TPSA) is 49.8 Å². The summed E-state index contributed by atoms with van der Waals surface area (Å²) in [4.78, 5) is 0. The highest BCUT2D eigenvalue weighted by atomic mass is 127. The number of hydrogen-bond acceptors (Lipinski definition) is 2. The molecule has 12 heavy (non-hydrogen) atoms. The number of halogens is 2. The molecule has 1 aromatic carbocycles. The minimum Gasteiger partial charge on any atom is -0.326 e. The lowest BCUT2D eigenvalue weighted by atomic mass is 10.1. The van der Waals surface area contributed by atoms with E-state index in [4.69, 9.17) is 11.0 Å². The van der Waals surface area contributed by atoms with Crippen molar-refractivity contribution in [2.24, 2.45) is 5.73 Å². The molecule has 0 aromatic heterocycles. The van der Waals surface area contributed by atoms with E-state index < -0.39 is 0 Å². The van der Waals surface area contributed by atoms with E-state index in [2.05, 4.69) is 44.6 Å². The van der Waals surface area contributed by atoms with E-state index in [-0.39, 0.29) is 0 Å². The molecule has 0 aliphatic heterocycles. The molecule has 0 aliphatic rings. The van der Waals surface area contributed by atoms with Crippen molar-refractivity contribution in [3.63, 3.8) is 0 Å². The highest BCUT2D eigenvalue weighted by Crippen LogP contribution is 2.24. The van der Waals surface area contributed by atoms with Crippen LogP contribution in [0.1, 0.15) is 11.1 Å². The maximum Gasteiger partial charge on any atom is 0.100 e. The minimum absolute atomic E-state index is 0.463. The Morgan fingerprint density at radius 3 is 2.75 bits per heavy atom. The Bertz CT molecular complexity index is 344. The fraction of sp³-hybridized carbons (Fsp3) is 0.125. The van der Waals surface area contributed by atoms with Gasteiger partial charge in [-0.1, -0.05) is 0 Å². The number of nitrogens with zero attached hydrogens (tertiary/aromatic N) is 1. The molecule has 1 aromatic rings. The number of benzene rings is 1. The average Bonchev–Trinajstić information content (AvgIpc) is 2.09. The summed E-state index contributed by atoms with van der Waals surface area (Å²) < 4.78 is 1.87. The molecular formula is C8H6BrIN2. The van der Waals surface area contributed by atoms with Gasteiger partial charge in [-0.25, -0.2) is 0 Å². The van der Waals surface area contributed by atoms with Crippen molar-refractivity contribution in [3.05, 3.63) is 31.3 Å². The Morgan fingerprint density at radius 1 is 1.58 bits per heavy atom. The molecule has 0 saturated carbocycles. The number of nitrogens with two attached hydrogens (primary N) is 1. The molecule has 0 spiro atoms. The Morgan fingerprint density at radius 2 is 2.25 bits per heavy atom. The van der Waals surface area contributed by atoms with Crippen LogP contribution >= 0.6 is 38.5 Å². The monoisotopic (exact) mass is 336 g/mol. The van der Waals surface area contributed by atoms with Crippen LogP contribution in [0.4, 0.5) is 0 Å². The van der Waals surface area contributed by atoms with Crippen LogP contribution in [0.2, 0.25) is 0 Å². The first-order chi connectivity index (χ1) is 5.69. The first-order valence-electron chi connectivity index (χ1n) is 3.27. The summed E-state index contributed by atoms with van der Waals surface area (Å²) in [5.41, 5.74) is 7.10. The van der Waals surface area contributed by atoms with Crippen LogP contribution in [0, 0.1) is 14.9 Å². The third-order valence-corrected chi connectivity index (χ3v) is 3.97. The normalized spacial score (nSPS) is 9.50. The van der Waals surface area contributed by atoms with Crippen LogP contribution in [-0.2, 0) is 6.54 Å². The van der Waals surface area contributed by atoms with Gasteiger partial charge in [0.25, 0.3) is 0 Å². The van der Waals surface area contributed by atoms with E-state index in [0.29, 0.717) is 12.1 Å². The Balaban J connectivity index is 3.31. The van der Waals surface area contributed by atoms with Gasteiger partial charge >= 0.3 is 0 Å². The molecule has 0 bridgehead atoms. The van der Waals surface area contributed by atoms with E-state index in [1.165, 1.54) is 0 Å². The molecule has 2 N–H and O–H groups in total. The lowest BCUT2D eigenvalue weighted by Gasteiger charge is -2.02. The largest absolute Gasteiger partial charge is 0.326 e. The van der Waals surface area contributed by atoms with Gasteiger partial charge < -0.3 is 5.73 Å². The number of nitriles is 1. The van der Waals surface area contributed by atoms with Crippen molar-refractivity contribution in [1.29, 1.82) is 5.26 Å². The predicted octanol–water partition coefficient (Wildman–Crippen LogP) is 2.38. The lowest BCUT2D eigenvalue weighted by molar-refractivity contribution is 1.06.